The first-order valence-corrected chi connectivity index (χ1v) is 6.31. The Bertz CT molecular complexity index is 457. The summed E-state index contributed by atoms with van der Waals surface area (Å²) in [7, 11) is 0. The number of likely N-dealkylation sites (tertiary alicyclic amines) is 1. The Labute approximate surface area is 103 Å². The predicted octanol–water partition coefficient (Wildman–Crippen LogP) is 1.24. The number of carbonyl (C=O) groups is 2. The van der Waals surface area contributed by atoms with Crippen molar-refractivity contribution in [1.29, 1.82) is 0 Å². The lowest BCUT2D eigenvalue weighted by Crippen LogP contribution is -2.30. The van der Waals surface area contributed by atoms with Gasteiger partial charge in [-0.3, -0.25) is 9.59 Å². The van der Waals surface area contributed by atoms with Gasteiger partial charge in [-0.1, -0.05) is 6.92 Å². The maximum atomic E-state index is 12.1. The Morgan fingerprint density at radius 3 is 2.71 bits per heavy atom. The summed E-state index contributed by atoms with van der Waals surface area (Å²) >= 11 is 1.42. The fraction of sp³-hybridized carbons (Fsp3) is 0.545. The third-order valence-electron chi connectivity index (χ3n) is 3.05. The van der Waals surface area contributed by atoms with Crippen LogP contribution >= 0.6 is 11.3 Å². The smallest absolute Gasteiger partial charge is 0.308 e. The zero-order valence-electron chi connectivity index (χ0n) is 9.71. The maximum absolute atomic E-state index is 12.1. The first kappa shape index (κ1) is 12.0. The van der Waals surface area contributed by atoms with E-state index in [1.54, 1.807) is 10.3 Å². The topological polar surface area (TPSA) is 70.5 Å². The molecule has 1 amide bonds. The van der Waals surface area contributed by atoms with Gasteiger partial charge in [0.05, 0.1) is 10.9 Å². The molecule has 0 unspecified atom stereocenters. The molecule has 2 rings (SSSR count). The molecule has 0 spiro atoms. The molecule has 2 heterocycles. The van der Waals surface area contributed by atoms with Gasteiger partial charge in [0.25, 0.3) is 5.91 Å². The number of rotatable bonds is 2. The van der Waals surface area contributed by atoms with Crippen LogP contribution in [-0.4, -0.2) is 40.0 Å². The van der Waals surface area contributed by atoms with Crippen LogP contribution in [0.1, 0.15) is 22.4 Å². The number of hydrogen-bond acceptors (Lipinski definition) is 4. The van der Waals surface area contributed by atoms with Crippen molar-refractivity contribution in [3.8, 4) is 0 Å². The number of carbonyl (C=O) groups excluding carboxylic acids is 1. The predicted molar refractivity (Wildman–Crippen MR) is 63.0 cm³/mol. The van der Waals surface area contributed by atoms with Gasteiger partial charge in [0, 0.05) is 18.5 Å². The van der Waals surface area contributed by atoms with E-state index in [2.05, 4.69) is 4.98 Å². The number of nitrogens with zero attached hydrogens (tertiary/aromatic N) is 2. The molecular weight excluding hydrogens is 240 g/mol. The molecule has 0 radical (unpaired) electrons. The van der Waals surface area contributed by atoms with Gasteiger partial charge >= 0.3 is 5.97 Å². The lowest BCUT2D eigenvalue weighted by molar-refractivity contribution is -0.142. The molecule has 1 aliphatic heterocycles. The fourth-order valence-corrected chi connectivity index (χ4v) is 2.66. The summed E-state index contributed by atoms with van der Waals surface area (Å²) in [6, 6.07) is 0. The highest BCUT2D eigenvalue weighted by Gasteiger charge is 2.37. The quantitative estimate of drug-likeness (QED) is 0.862. The van der Waals surface area contributed by atoms with Crippen LogP contribution in [0.3, 0.4) is 0 Å². The van der Waals surface area contributed by atoms with Gasteiger partial charge in [-0.15, -0.1) is 11.3 Å². The van der Waals surface area contributed by atoms with Gasteiger partial charge in [-0.25, -0.2) is 4.98 Å². The molecule has 1 aliphatic rings. The van der Waals surface area contributed by atoms with Crippen molar-refractivity contribution in [2.45, 2.75) is 13.8 Å². The van der Waals surface area contributed by atoms with Crippen molar-refractivity contribution < 1.29 is 14.7 Å². The lowest BCUT2D eigenvalue weighted by atomic mass is 9.99. The van der Waals surface area contributed by atoms with Gasteiger partial charge in [0.1, 0.15) is 5.69 Å². The highest BCUT2D eigenvalue weighted by atomic mass is 32.1. The molecule has 2 atom stereocenters. The third kappa shape index (κ3) is 2.31. The summed E-state index contributed by atoms with van der Waals surface area (Å²) in [5.74, 6) is -1.46. The normalized spacial score (nSPS) is 24.0. The van der Waals surface area contributed by atoms with E-state index in [4.69, 9.17) is 5.11 Å². The van der Waals surface area contributed by atoms with Gasteiger partial charge in [0.2, 0.25) is 0 Å². The molecule has 1 N–H and O–H groups in total. The number of carboxylic acids is 1. The van der Waals surface area contributed by atoms with Crippen LogP contribution in [0.25, 0.3) is 0 Å². The van der Waals surface area contributed by atoms with Crippen molar-refractivity contribution in [2.24, 2.45) is 11.8 Å². The van der Waals surface area contributed by atoms with Crippen molar-refractivity contribution >= 4 is 23.2 Å². The van der Waals surface area contributed by atoms with E-state index < -0.39 is 11.9 Å². The van der Waals surface area contributed by atoms with Gasteiger partial charge < -0.3 is 10.0 Å². The molecular formula is C11H14N2O3S. The van der Waals surface area contributed by atoms with E-state index in [0.29, 0.717) is 12.2 Å². The second-order valence-corrected chi connectivity index (χ2v) is 5.45. The van der Waals surface area contributed by atoms with Crippen molar-refractivity contribution in [2.75, 3.05) is 13.1 Å². The number of hydrogen-bond donors (Lipinski definition) is 1. The largest absolute Gasteiger partial charge is 0.481 e. The highest BCUT2D eigenvalue weighted by Crippen LogP contribution is 2.24. The Hall–Kier alpha value is -1.43. The van der Waals surface area contributed by atoms with E-state index in [1.165, 1.54) is 11.3 Å². The van der Waals surface area contributed by atoms with Crippen LogP contribution in [-0.2, 0) is 4.79 Å². The van der Waals surface area contributed by atoms with E-state index in [1.807, 2.05) is 13.8 Å². The summed E-state index contributed by atoms with van der Waals surface area (Å²) in [6.45, 7) is 4.48. The van der Waals surface area contributed by atoms with E-state index in [0.717, 1.165) is 5.01 Å². The highest BCUT2D eigenvalue weighted by molar-refractivity contribution is 7.09. The number of aromatic nitrogens is 1. The molecule has 1 saturated heterocycles. The number of aryl methyl sites for hydroxylation is 1. The molecule has 0 aliphatic carbocycles. The molecule has 0 saturated carbocycles. The monoisotopic (exact) mass is 254 g/mol. The summed E-state index contributed by atoms with van der Waals surface area (Å²) < 4.78 is 0. The zero-order valence-corrected chi connectivity index (χ0v) is 10.5. The minimum absolute atomic E-state index is 0.00353. The van der Waals surface area contributed by atoms with Crippen LogP contribution in [0.5, 0.6) is 0 Å². The second-order valence-electron chi connectivity index (χ2n) is 4.38. The zero-order chi connectivity index (χ0) is 12.6. The molecule has 1 fully saturated rings. The molecule has 92 valence electrons. The molecule has 17 heavy (non-hydrogen) atoms. The summed E-state index contributed by atoms with van der Waals surface area (Å²) in [5.41, 5.74) is 0.422. The summed E-state index contributed by atoms with van der Waals surface area (Å²) in [6.07, 6.45) is 0. The maximum Gasteiger partial charge on any atom is 0.308 e. The van der Waals surface area contributed by atoms with Crippen LogP contribution in [0.15, 0.2) is 5.38 Å². The van der Waals surface area contributed by atoms with E-state index in [-0.39, 0.29) is 18.4 Å². The average molecular weight is 254 g/mol. The first-order valence-electron chi connectivity index (χ1n) is 5.43. The number of thiazole rings is 1. The Balaban J connectivity index is 2.10. The standard InChI is InChI=1S/C11H14N2O3S/c1-6-3-13(4-8(6)11(15)16)10(14)9-5-17-7(2)12-9/h5-6,8H,3-4H2,1-2H3,(H,15,16)/t6-,8-/m1/s1. The van der Waals surface area contributed by atoms with Crippen LogP contribution in [0.4, 0.5) is 0 Å². The Morgan fingerprint density at radius 2 is 2.24 bits per heavy atom. The first-order chi connectivity index (χ1) is 7.99. The van der Waals surface area contributed by atoms with Crippen molar-refractivity contribution in [3.63, 3.8) is 0 Å². The van der Waals surface area contributed by atoms with Crippen LogP contribution < -0.4 is 0 Å². The van der Waals surface area contributed by atoms with E-state index >= 15 is 0 Å². The third-order valence-corrected chi connectivity index (χ3v) is 3.83. The van der Waals surface area contributed by atoms with E-state index in [9.17, 15) is 9.59 Å². The SMILES string of the molecule is Cc1nc(C(=O)N2C[C@@H](C)[C@H](C(=O)O)C2)cs1. The molecule has 5 nitrogen and oxygen atoms in total. The van der Waals surface area contributed by atoms with Crippen LogP contribution in [0, 0.1) is 18.8 Å². The van der Waals surface area contributed by atoms with Crippen molar-refractivity contribution in [3.05, 3.63) is 16.1 Å². The Kier molecular flexibility index (Phi) is 3.15. The fourth-order valence-electron chi connectivity index (χ4n) is 2.08. The van der Waals surface area contributed by atoms with Gasteiger partial charge in [-0.05, 0) is 12.8 Å². The number of amides is 1. The van der Waals surface area contributed by atoms with Crippen LogP contribution in [0.2, 0.25) is 0 Å². The Morgan fingerprint density at radius 1 is 1.53 bits per heavy atom. The minimum Gasteiger partial charge on any atom is -0.481 e. The molecule has 6 heteroatoms. The van der Waals surface area contributed by atoms with Gasteiger partial charge in [0.15, 0.2) is 0 Å². The summed E-state index contributed by atoms with van der Waals surface area (Å²) in [5, 5.41) is 11.6. The van der Waals surface area contributed by atoms with Crippen molar-refractivity contribution in [1.82, 2.24) is 9.88 Å². The van der Waals surface area contributed by atoms with Gasteiger partial charge in [-0.2, -0.15) is 0 Å². The molecule has 0 bridgehead atoms. The number of carboxylic acid groups (broad SMARTS) is 1. The molecule has 1 aromatic heterocycles. The second kappa shape index (κ2) is 4.44. The number of aliphatic carboxylic acids is 1. The molecule has 0 aromatic carbocycles. The minimum atomic E-state index is -0.831. The average Bonchev–Trinajstić information content (AvgIpc) is 2.83. The lowest BCUT2D eigenvalue weighted by Gasteiger charge is -2.13. The summed E-state index contributed by atoms with van der Waals surface area (Å²) in [4.78, 5) is 28.7. The molecule has 1 aromatic rings.